The first-order chi connectivity index (χ1) is 10.7. The minimum Gasteiger partial charge on any atom is -0.294 e. The number of carbonyl (C=O) groups excluding carboxylic acids is 1. The lowest BCUT2D eigenvalue weighted by molar-refractivity contribution is 0.0977. The number of nitrogens with one attached hydrogen (secondary N) is 1. The van der Waals surface area contributed by atoms with Crippen LogP contribution in [0.15, 0.2) is 45.7 Å². The zero-order valence-corrected chi connectivity index (χ0v) is 12.9. The quantitative estimate of drug-likeness (QED) is 0.880. The number of nitrogens with zero attached hydrogens (tertiary/aromatic N) is 3. The molecule has 22 heavy (non-hydrogen) atoms. The molecule has 2 aliphatic rings. The number of carbonyl (C=O) groups is 1. The first kappa shape index (κ1) is 13.2. The third-order valence-corrected chi connectivity index (χ3v) is 4.78. The number of fused-ring (bicyclic) bond motifs is 3. The second-order valence-electron chi connectivity index (χ2n) is 5.20. The highest BCUT2D eigenvalue weighted by Gasteiger charge is 2.30. The summed E-state index contributed by atoms with van der Waals surface area (Å²) in [5, 5.41) is 4.86. The molecule has 2 aliphatic heterocycles. The van der Waals surface area contributed by atoms with Gasteiger partial charge in [-0.25, -0.2) is 4.99 Å². The predicted molar refractivity (Wildman–Crippen MR) is 88.2 cm³/mol. The molecule has 5 nitrogen and oxygen atoms in total. The Morgan fingerprint density at radius 2 is 2.18 bits per heavy atom. The Balaban J connectivity index is 1.70. The molecule has 110 valence electrons. The van der Waals surface area contributed by atoms with Gasteiger partial charge in [0.25, 0.3) is 5.91 Å². The summed E-state index contributed by atoms with van der Waals surface area (Å²) in [6.07, 6.45) is 0. The van der Waals surface area contributed by atoms with Gasteiger partial charge in [-0.1, -0.05) is 12.1 Å². The normalized spacial score (nSPS) is 15.8. The van der Waals surface area contributed by atoms with Crippen molar-refractivity contribution >= 4 is 34.7 Å². The van der Waals surface area contributed by atoms with Gasteiger partial charge in [0, 0.05) is 12.1 Å². The standard InChI is InChI=1S/C16H14N4OS/c1-10-6-9-22-13(10)15(21)19-16-18-12-5-3-2-4-11(12)14-17-7-8-20(14)16/h2-6,9H,7-8H2,1H3,(H,18,19,21). The summed E-state index contributed by atoms with van der Waals surface area (Å²) in [6, 6.07) is 9.82. The van der Waals surface area contributed by atoms with Crippen molar-refractivity contribution in [2.75, 3.05) is 13.1 Å². The Morgan fingerprint density at radius 3 is 3.00 bits per heavy atom. The Labute approximate surface area is 132 Å². The van der Waals surface area contributed by atoms with Crippen LogP contribution in [0.4, 0.5) is 5.69 Å². The summed E-state index contributed by atoms with van der Waals surface area (Å²) in [6.45, 7) is 3.40. The Morgan fingerprint density at radius 1 is 1.32 bits per heavy atom. The maximum absolute atomic E-state index is 12.4. The highest BCUT2D eigenvalue weighted by Crippen LogP contribution is 2.28. The van der Waals surface area contributed by atoms with Crippen molar-refractivity contribution < 1.29 is 4.79 Å². The number of rotatable bonds is 1. The average molecular weight is 310 g/mol. The van der Waals surface area contributed by atoms with Crippen LogP contribution in [-0.2, 0) is 0 Å². The SMILES string of the molecule is Cc1ccsc1C(=O)NC1=Nc2ccccc2C2=NCCN12. The molecule has 0 saturated heterocycles. The van der Waals surface area contributed by atoms with Gasteiger partial charge >= 0.3 is 0 Å². The molecule has 0 saturated carbocycles. The van der Waals surface area contributed by atoms with E-state index in [4.69, 9.17) is 0 Å². The number of aryl methyl sites for hydroxylation is 1. The maximum Gasteiger partial charge on any atom is 0.268 e. The van der Waals surface area contributed by atoms with E-state index in [1.54, 1.807) is 0 Å². The topological polar surface area (TPSA) is 57.1 Å². The number of thiophene rings is 1. The fraction of sp³-hybridized carbons (Fsp3) is 0.188. The van der Waals surface area contributed by atoms with Crippen LogP contribution in [0.25, 0.3) is 0 Å². The zero-order chi connectivity index (χ0) is 15.1. The van der Waals surface area contributed by atoms with Crippen LogP contribution in [-0.4, -0.2) is 35.7 Å². The molecule has 0 aliphatic carbocycles. The van der Waals surface area contributed by atoms with E-state index in [0.717, 1.165) is 40.6 Å². The largest absolute Gasteiger partial charge is 0.294 e. The number of para-hydroxylation sites is 1. The first-order valence-electron chi connectivity index (χ1n) is 7.09. The molecule has 0 spiro atoms. The molecule has 3 heterocycles. The van der Waals surface area contributed by atoms with E-state index >= 15 is 0 Å². The third kappa shape index (κ3) is 2.03. The predicted octanol–water partition coefficient (Wildman–Crippen LogP) is 2.55. The second kappa shape index (κ2) is 5.06. The summed E-state index contributed by atoms with van der Waals surface area (Å²) in [5.74, 6) is 1.34. The number of hydrogen-bond donors (Lipinski definition) is 1. The number of guanidine groups is 1. The van der Waals surface area contributed by atoms with Gasteiger partial charge < -0.3 is 0 Å². The average Bonchev–Trinajstić information content (AvgIpc) is 3.16. The molecule has 4 rings (SSSR count). The van der Waals surface area contributed by atoms with Crippen LogP contribution in [0.5, 0.6) is 0 Å². The van der Waals surface area contributed by atoms with Gasteiger partial charge in [-0.15, -0.1) is 11.3 Å². The Kier molecular flexibility index (Phi) is 3.04. The number of hydrogen-bond acceptors (Lipinski definition) is 5. The van der Waals surface area contributed by atoms with Gasteiger partial charge in [-0.05, 0) is 36.1 Å². The van der Waals surface area contributed by atoms with E-state index in [0.29, 0.717) is 5.96 Å². The summed E-state index contributed by atoms with van der Waals surface area (Å²) in [4.78, 5) is 24.3. The fourth-order valence-corrected chi connectivity index (χ4v) is 3.50. The van der Waals surface area contributed by atoms with Gasteiger partial charge in [-0.3, -0.25) is 20.0 Å². The lowest BCUT2D eigenvalue weighted by Gasteiger charge is -2.27. The molecule has 0 unspecified atom stereocenters. The van der Waals surface area contributed by atoms with Crippen molar-refractivity contribution in [2.24, 2.45) is 9.98 Å². The van der Waals surface area contributed by atoms with Gasteiger partial charge in [0.2, 0.25) is 5.96 Å². The summed E-state index contributed by atoms with van der Waals surface area (Å²) < 4.78 is 0. The Bertz CT molecular complexity index is 821. The molecule has 0 fully saturated rings. The summed E-state index contributed by atoms with van der Waals surface area (Å²) in [5.41, 5.74) is 2.84. The molecular weight excluding hydrogens is 296 g/mol. The molecule has 2 aromatic rings. The number of amides is 1. The lowest BCUT2D eigenvalue weighted by atomic mass is 10.1. The first-order valence-corrected chi connectivity index (χ1v) is 7.97. The molecule has 1 aromatic heterocycles. The number of aliphatic imine (C=N–C) groups is 2. The molecule has 0 atom stereocenters. The summed E-state index contributed by atoms with van der Waals surface area (Å²) >= 11 is 1.44. The molecule has 1 aromatic carbocycles. The zero-order valence-electron chi connectivity index (χ0n) is 12.0. The van der Waals surface area contributed by atoms with Crippen LogP contribution >= 0.6 is 11.3 Å². The van der Waals surface area contributed by atoms with Crippen LogP contribution in [0.2, 0.25) is 0 Å². The van der Waals surface area contributed by atoms with E-state index in [1.165, 1.54) is 11.3 Å². The monoisotopic (exact) mass is 310 g/mol. The van der Waals surface area contributed by atoms with E-state index in [2.05, 4.69) is 15.3 Å². The molecule has 1 N–H and O–H groups in total. The van der Waals surface area contributed by atoms with E-state index in [1.807, 2.05) is 47.5 Å². The van der Waals surface area contributed by atoms with Gasteiger partial charge in [0.15, 0.2) is 0 Å². The van der Waals surface area contributed by atoms with Crippen molar-refractivity contribution in [1.29, 1.82) is 0 Å². The van der Waals surface area contributed by atoms with E-state index in [9.17, 15) is 4.79 Å². The van der Waals surface area contributed by atoms with Gasteiger partial charge in [-0.2, -0.15) is 0 Å². The molecule has 6 heteroatoms. The van der Waals surface area contributed by atoms with Crippen molar-refractivity contribution in [3.63, 3.8) is 0 Å². The second-order valence-corrected chi connectivity index (χ2v) is 6.11. The smallest absolute Gasteiger partial charge is 0.268 e. The third-order valence-electron chi connectivity index (χ3n) is 3.76. The molecule has 0 bridgehead atoms. The number of benzene rings is 1. The summed E-state index contributed by atoms with van der Waals surface area (Å²) in [7, 11) is 0. The minimum absolute atomic E-state index is 0.114. The van der Waals surface area contributed by atoms with Crippen LogP contribution in [0.3, 0.4) is 0 Å². The van der Waals surface area contributed by atoms with E-state index in [-0.39, 0.29) is 5.91 Å². The van der Waals surface area contributed by atoms with E-state index < -0.39 is 0 Å². The van der Waals surface area contributed by atoms with Crippen molar-refractivity contribution in [1.82, 2.24) is 10.2 Å². The van der Waals surface area contributed by atoms with Gasteiger partial charge in [0.1, 0.15) is 5.84 Å². The van der Waals surface area contributed by atoms with Crippen LogP contribution in [0.1, 0.15) is 20.8 Å². The van der Waals surface area contributed by atoms with Crippen molar-refractivity contribution in [3.8, 4) is 0 Å². The van der Waals surface area contributed by atoms with Crippen molar-refractivity contribution in [2.45, 2.75) is 6.92 Å². The molecule has 1 amide bonds. The minimum atomic E-state index is -0.114. The molecular formula is C16H14N4OS. The Hall–Kier alpha value is -2.47. The highest BCUT2D eigenvalue weighted by molar-refractivity contribution is 7.12. The van der Waals surface area contributed by atoms with Crippen LogP contribution in [0, 0.1) is 6.92 Å². The lowest BCUT2D eigenvalue weighted by Crippen LogP contribution is -2.47. The van der Waals surface area contributed by atoms with Crippen molar-refractivity contribution in [3.05, 3.63) is 51.7 Å². The maximum atomic E-state index is 12.4. The molecule has 0 radical (unpaired) electrons. The van der Waals surface area contributed by atoms with Gasteiger partial charge in [0.05, 0.1) is 17.1 Å². The van der Waals surface area contributed by atoms with Crippen LogP contribution < -0.4 is 5.32 Å². The number of amidine groups is 1. The highest BCUT2D eigenvalue weighted by atomic mass is 32.1. The fourth-order valence-electron chi connectivity index (χ4n) is 2.68.